The summed E-state index contributed by atoms with van der Waals surface area (Å²) in [5, 5.41) is 8.29. The van der Waals surface area contributed by atoms with Crippen LogP contribution in [0, 0.1) is 0 Å². The molecule has 0 aliphatic rings. The molecule has 0 N–H and O–H groups in total. The fourth-order valence-corrected chi connectivity index (χ4v) is 2.52. The van der Waals surface area contributed by atoms with Gasteiger partial charge in [-0.2, -0.15) is 0 Å². The van der Waals surface area contributed by atoms with Crippen LogP contribution in [0.5, 0.6) is 0 Å². The molecule has 0 amide bonds. The molecule has 8 nitrogen and oxygen atoms in total. The number of nitrogens with zero attached hydrogens (tertiary/aromatic N) is 3. The van der Waals surface area contributed by atoms with E-state index in [1.165, 1.54) is 19.3 Å². The lowest BCUT2D eigenvalue weighted by molar-refractivity contribution is -0.0134. The predicted octanol–water partition coefficient (Wildman–Crippen LogP) is 2.85. The number of aryl methyl sites for hydroxylation is 1. The van der Waals surface area contributed by atoms with Crippen LogP contribution in [0.2, 0.25) is 0 Å². The number of unbranched alkanes of at least 4 members (excludes halogenated alkanes) is 4. The second-order valence-corrected chi connectivity index (χ2v) is 6.93. The van der Waals surface area contributed by atoms with E-state index in [0.29, 0.717) is 46.2 Å². The monoisotopic (exact) mass is 401 g/mol. The Kier molecular flexibility index (Phi) is 16.1. The van der Waals surface area contributed by atoms with E-state index in [2.05, 4.69) is 10.3 Å². The van der Waals surface area contributed by atoms with Gasteiger partial charge in [0.25, 0.3) is 0 Å². The van der Waals surface area contributed by atoms with Crippen LogP contribution in [0.4, 0.5) is 0 Å². The summed E-state index contributed by atoms with van der Waals surface area (Å²) in [6.45, 7) is 9.68. The zero-order valence-corrected chi connectivity index (χ0v) is 17.9. The number of rotatable bonds is 20. The molecule has 0 saturated carbocycles. The van der Waals surface area contributed by atoms with Gasteiger partial charge in [0.2, 0.25) is 0 Å². The molecule has 1 rings (SSSR count). The van der Waals surface area contributed by atoms with E-state index in [4.69, 9.17) is 23.7 Å². The molecular weight excluding hydrogens is 362 g/mol. The lowest BCUT2D eigenvalue weighted by Crippen LogP contribution is -2.13. The van der Waals surface area contributed by atoms with Crippen LogP contribution in [-0.4, -0.2) is 74.5 Å². The Labute approximate surface area is 169 Å². The Morgan fingerprint density at radius 1 is 0.821 bits per heavy atom. The molecule has 0 radical (unpaired) electrons. The summed E-state index contributed by atoms with van der Waals surface area (Å²) in [5.41, 5.74) is 0.855. The summed E-state index contributed by atoms with van der Waals surface area (Å²) in [5.74, 6) is 0. The molecule has 0 aliphatic carbocycles. The number of hydrogen-bond donors (Lipinski definition) is 0. The summed E-state index contributed by atoms with van der Waals surface area (Å²) >= 11 is 0. The maximum absolute atomic E-state index is 5.57. The highest BCUT2D eigenvalue weighted by Gasteiger charge is 2.01. The first kappa shape index (κ1) is 25.0. The molecule has 1 aromatic heterocycles. The van der Waals surface area contributed by atoms with E-state index in [1.54, 1.807) is 7.11 Å². The number of aromatic nitrogens is 3. The third kappa shape index (κ3) is 14.9. The van der Waals surface area contributed by atoms with Crippen LogP contribution in [0.1, 0.15) is 51.6 Å². The van der Waals surface area contributed by atoms with Gasteiger partial charge in [0.05, 0.1) is 58.5 Å². The van der Waals surface area contributed by atoms with Gasteiger partial charge in [-0.05, 0) is 26.7 Å². The molecular formula is C20H39N3O5. The topological polar surface area (TPSA) is 76.9 Å². The summed E-state index contributed by atoms with van der Waals surface area (Å²) in [6, 6.07) is 0. The minimum atomic E-state index is 0.245. The van der Waals surface area contributed by atoms with Crippen molar-refractivity contribution in [2.24, 2.45) is 0 Å². The summed E-state index contributed by atoms with van der Waals surface area (Å²) in [4.78, 5) is 0. The molecule has 0 aromatic carbocycles. The standard InChI is InChI=1S/C20H39N3O5/c1-19(2)28-16-15-26-12-11-25-13-14-27-18-20-17-23(22-21-20)9-7-5-4-6-8-10-24-3/h17,19H,4-16,18H2,1-3H3. The zero-order valence-electron chi connectivity index (χ0n) is 17.9. The highest BCUT2D eigenvalue weighted by molar-refractivity contribution is 4.89. The zero-order chi connectivity index (χ0) is 20.3. The second-order valence-electron chi connectivity index (χ2n) is 6.93. The van der Waals surface area contributed by atoms with Crippen molar-refractivity contribution in [3.05, 3.63) is 11.9 Å². The predicted molar refractivity (Wildman–Crippen MR) is 107 cm³/mol. The number of ether oxygens (including phenoxy) is 5. The molecule has 164 valence electrons. The number of methoxy groups -OCH3 is 1. The van der Waals surface area contributed by atoms with Crippen LogP contribution in [-0.2, 0) is 36.8 Å². The van der Waals surface area contributed by atoms with Gasteiger partial charge in [-0.3, -0.25) is 4.68 Å². The van der Waals surface area contributed by atoms with E-state index in [1.807, 2.05) is 24.7 Å². The maximum atomic E-state index is 5.57. The third-order valence-electron chi connectivity index (χ3n) is 3.99. The Morgan fingerprint density at radius 2 is 1.46 bits per heavy atom. The Bertz CT molecular complexity index is 457. The van der Waals surface area contributed by atoms with Gasteiger partial charge in [-0.15, -0.1) is 5.10 Å². The Hall–Kier alpha value is -1.06. The minimum absolute atomic E-state index is 0.245. The Balaban J connectivity index is 1.88. The minimum Gasteiger partial charge on any atom is -0.385 e. The van der Waals surface area contributed by atoms with Crippen molar-refractivity contribution in [1.29, 1.82) is 0 Å². The first-order valence-electron chi connectivity index (χ1n) is 10.4. The van der Waals surface area contributed by atoms with E-state index in [9.17, 15) is 0 Å². The van der Waals surface area contributed by atoms with Gasteiger partial charge in [0.15, 0.2) is 0 Å². The fraction of sp³-hybridized carbons (Fsp3) is 0.900. The average Bonchev–Trinajstić information content (AvgIpc) is 3.13. The van der Waals surface area contributed by atoms with Crippen LogP contribution in [0.25, 0.3) is 0 Å². The molecule has 0 unspecified atom stereocenters. The molecule has 0 bridgehead atoms. The van der Waals surface area contributed by atoms with E-state index in [0.717, 1.165) is 31.7 Å². The van der Waals surface area contributed by atoms with Gasteiger partial charge in [-0.25, -0.2) is 0 Å². The lowest BCUT2D eigenvalue weighted by atomic mass is 10.1. The smallest absolute Gasteiger partial charge is 0.108 e. The molecule has 0 atom stereocenters. The average molecular weight is 402 g/mol. The van der Waals surface area contributed by atoms with Crippen molar-refractivity contribution >= 4 is 0 Å². The molecule has 0 spiro atoms. The van der Waals surface area contributed by atoms with Crippen molar-refractivity contribution in [3.63, 3.8) is 0 Å². The Morgan fingerprint density at radius 3 is 2.18 bits per heavy atom. The molecule has 0 fully saturated rings. The summed E-state index contributed by atoms with van der Waals surface area (Å²) in [7, 11) is 1.75. The van der Waals surface area contributed by atoms with Gasteiger partial charge >= 0.3 is 0 Å². The van der Waals surface area contributed by atoms with Crippen molar-refractivity contribution in [2.45, 2.75) is 65.2 Å². The highest BCUT2D eigenvalue weighted by atomic mass is 16.6. The van der Waals surface area contributed by atoms with E-state index < -0.39 is 0 Å². The van der Waals surface area contributed by atoms with Crippen LogP contribution >= 0.6 is 0 Å². The normalized spacial score (nSPS) is 11.6. The number of hydrogen-bond acceptors (Lipinski definition) is 7. The van der Waals surface area contributed by atoms with Gasteiger partial charge < -0.3 is 23.7 Å². The molecule has 0 aliphatic heterocycles. The SMILES string of the molecule is COCCCCCCCn1cc(COCCOCCOCCOC(C)C)nn1. The molecule has 0 saturated heterocycles. The summed E-state index contributed by atoms with van der Waals surface area (Å²) in [6.07, 6.45) is 8.15. The lowest BCUT2D eigenvalue weighted by Gasteiger charge is -2.08. The van der Waals surface area contributed by atoms with Gasteiger partial charge in [0, 0.05) is 20.3 Å². The van der Waals surface area contributed by atoms with Crippen LogP contribution in [0.3, 0.4) is 0 Å². The molecule has 28 heavy (non-hydrogen) atoms. The first-order chi connectivity index (χ1) is 13.7. The molecule has 8 heteroatoms. The van der Waals surface area contributed by atoms with Crippen molar-refractivity contribution in [3.8, 4) is 0 Å². The summed E-state index contributed by atoms with van der Waals surface area (Å²) < 4.78 is 28.8. The van der Waals surface area contributed by atoms with Crippen LogP contribution < -0.4 is 0 Å². The van der Waals surface area contributed by atoms with Crippen LogP contribution in [0.15, 0.2) is 6.20 Å². The van der Waals surface area contributed by atoms with Crippen molar-refractivity contribution in [2.75, 3.05) is 53.4 Å². The highest BCUT2D eigenvalue weighted by Crippen LogP contribution is 2.05. The molecule has 1 aromatic rings. The molecule has 1 heterocycles. The van der Waals surface area contributed by atoms with Crippen molar-refractivity contribution < 1.29 is 23.7 Å². The first-order valence-corrected chi connectivity index (χ1v) is 10.4. The third-order valence-corrected chi connectivity index (χ3v) is 3.99. The van der Waals surface area contributed by atoms with E-state index >= 15 is 0 Å². The quantitative estimate of drug-likeness (QED) is 0.311. The maximum Gasteiger partial charge on any atom is 0.108 e. The largest absolute Gasteiger partial charge is 0.385 e. The van der Waals surface area contributed by atoms with E-state index in [-0.39, 0.29) is 6.10 Å². The van der Waals surface area contributed by atoms with Gasteiger partial charge in [0.1, 0.15) is 5.69 Å². The second kappa shape index (κ2) is 18.0. The van der Waals surface area contributed by atoms with Crippen molar-refractivity contribution in [1.82, 2.24) is 15.0 Å². The fourth-order valence-electron chi connectivity index (χ4n) is 2.52. The van der Waals surface area contributed by atoms with Gasteiger partial charge in [-0.1, -0.05) is 24.5 Å².